The number of benzene rings is 3. The molecule has 3 aliphatic rings. The first-order chi connectivity index (χ1) is 44.4. The number of nitrogens with two attached hydrogens (primary N) is 1. The zero-order chi connectivity index (χ0) is 67.4. The Labute approximate surface area is 566 Å². The van der Waals surface area contributed by atoms with Crippen LogP contribution in [0.5, 0.6) is 17.2 Å². The van der Waals surface area contributed by atoms with E-state index >= 15 is 0 Å². The standard InChI is InChI=1S/C58H73N11O22S2.Na/c1-27-24-68-46(47(27)76)54(83)60-23-33(71)20-36(61-50(79)30-9-7-29(8-10-30)37-26-69-58(62-37)92-55(66-69)31-11-14-35(15-12-31)88-18-6-4-5-17-87-3)51(80)63-43(28(2)70)56(84)67-25-34(72)21-38(67)52(81)65-45(53(82)64-44(57(68)85)40(74)22-42(59)75)49(78)48(77)32-13-16-39(73)41(19-32)89-93-91-90-86;/h7-16,19,26-28,33-34,36,38,40,43-49,70-74,76-78,86H,4-6,17-18,20-25H2,1-3H3,(H2,59,75)(H,60,83)(H,61,79)(H,63,80)(H,64,82)(H,65,81);/q;+1/p-1. The third-order valence-corrected chi connectivity index (χ3v) is 17.1. The van der Waals surface area contributed by atoms with Crippen molar-refractivity contribution in [1.29, 1.82) is 0 Å². The van der Waals surface area contributed by atoms with E-state index in [-0.39, 0.29) is 53.0 Å². The number of carbonyl (C=O) groups is 8. The number of aliphatic hydroxyl groups excluding tert-OH is 7. The summed E-state index contributed by atoms with van der Waals surface area (Å²) in [4.78, 5) is 120. The van der Waals surface area contributed by atoms with Crippen molar-refractivity contribution in [3.63, 3.8) is 0 Å². The van der Waals surface area contributed by atoms with Crippen molar-refractivity contribution in [2.24, 2.45) is 11.7 Å². The van der Waals surface area contributed by atoms with Crippen LogP contribution < -0.4 is 76.1 Å². The Bertz CT molecular complexity index is 3430. The maximum Gasteiger partial charge on any atom is 1.00 e. The number of hydrogen-bond acceptors (Lipinski definition) is 26. The van der Waals surface area contributed by atoms with Gasteiger partial charge in [-0.1, -0.05) is 36.5 Å². The maximum absolute atomic E-state index is 14.7. The Balaban J connectivity index is 0.0000125. The molecule has 0 spiro atoms. The molecule has 8 amide bonds. The quantitative estimate of drug-likeness (QED) is 0.0101. The van der Waals surface area contributed by atoms with Crippen molar-refractivity contribution in [3.05, 3.63) is 84.1 Å². The maximum atomic E-state index is 14.7. The Hall–Kier alpha value is -7.17. The second-order valence-electron chi connectivity index (χ2n) is 22.6. The molecule has 0 saturated carbocycles. The number of aromatic nitrogens is 3. The number of unbranched alkanes of at least 4 members (excludes halogenated alkanes) is 2. The van der Waals surface area contributed by atoms with Gasteiger partial charge in [-0.05, 0) is 80.3 Å². The van der Waals surface area contributed by atoms with Crippen molar-refractivity contribution >= 4 is 75.9 Å². The summed E-state index contributed by atoms with van der Waals surface area (Å²) in [5.41, 5.74) is 6.92. The first-order valence-electron chi connectivity index (χ1n) is 29.3. The SMILES string of the molecule is COCCCCCOc1ccc(-c2nn3cc(-c4ccc(C(=O)NC5CC(O)CNC(=O)C6C(O)C(C)CN6C(=O)C(C(O)CC(N)=O)NC(=O)C(C(O)C(O)c6ccc(O)c(OSOO[O-])c6)NC(=O)C6CC(O)CN6C(=O)C(C(C)O)NC5=O)cc4)nc3s2)cc1.[Na+]. The number of imidazole rings is 1. The van der Waals surface area contributed by atoms with Crippen molar-refractivity contribution in [1.82, 2.24) is 51.0 Å². The third kappa shape index (κ3) is 18.4. The molecule has 504 valence electrons. The number of phenols is 1. The summed E-state index contributed by atoms with van der Waals surface area (Å²) >= 11 is 1.25. The monoisotopic (exact) mass is 1360 g/mol. The zero-order valence-corrected chi connectivity index (χ0v) is 54.8. The number of amides is 8. The Morgan fingerprint density at radius 3 is 2.16 bits per heavy atom. The average Bonchev–Trinajstić information content (AvgIpc) is 1.63. The number of rotatable bonds is 22. The topological polar surface area (TPSA) is 490 Å². The summed E-state index contributed by atoms with van der Waals surface area (Å²) in [5, 5.41) is 121. The average molecular weight is 1360 g/mol. The van der Waals surface area contributed by atoms with Gasteiger partial charge in [-0.2, -0.15) is 5.10 Å². The van der Waals surface area contributed by atoms with E-state index in [1.807, 2.05) is 24.3 Å². The number of primary amides is 1. The third-order valence-electron chi connectivity index (χ3n) is 15.8. The number of nitrogens with zero attached hydrogens (tertiary/aromatic N) is 5. The molecule has 94 heavy (non-hydrogen) atoms. The van der Waals surface area contributed by atoms with Crippen LogP contribution >= 0.6 is 23.7 Å². The van der Waals surface area contributed by atoms with E-state index in [0.29, 0.717) is 34.4 Å². The molecular weight excluding hydrogens is 1290 g/mol. The van der Waals surface area contributed by atoms with Gasteiger partial charge in [0.25, 0.3) is 18.2 Å². The number of fused-ring (bicyclic) bond motifs is 3. The van der Waals surface area contributed by atoms with Crippen LogP contribution in [-0.4, -0.2) is 225 Å². The Morgan fingerprint density at radius 2 is 1.49 bits per heavy atom. The fraction of sp³-hybridized carbons (Fsp3) is 0.483. The minimum atomic E-state index is -2.54. The molecule has 3 aliphatic heterocycles. The first kappa shape index (κ1) is 74.2. The molecule has 2 aromatic heterocycles. The fourth-order valence-electron chi connectivity index (χ4n) is 10.8. The van der Waals surface area contributed by atoms with E-state index in [1.54, 1.807) is 30.0 Å². The van der Waals surface area contributed by atoms with Crippen LogP contribution in [-0.2, 0) is 47.7 Å². The van der Waals surface area contributed by atoms with Gasteiger partial charge in [0, 0.05) is 68.8 Å². The molecule has 8 rings (SSSR count). The Morgan fingerprint density at radius 1 is 0.819 bits per heavy atom. The number of methoxy groups -OCH3 is 1. The summed E-state index contributed by atoms with van der Waals surface area (Å²) < 4.78 is 21.6. The summed E-state index contributed by atoms with van der Waals surface area (Å²) in [6, 6.07) is 4.08. The van der Waals surface area contributed by atoms with E-state index in [2.05, 4.69) is 36.0 Å². The van der Waals surface area contributed by atoms with Gasteiger partial charge < -0.3 is 102 Å². The Kier molecular flexibility index (Phi) is 26.8. The second kappa shape index (κ2) is 34.0. The van der Waals surface area contributed by atoms with Gasteiger partial charge in [-0.15, -0.1) is 4.33 Å². The molecule has 5 aromatic rings. The number of hydrogen-bond donors (Lipinski definition) is 14. The molecule has 33 nitrogen and oxygen atoms in total. The normalized spacial score (nSPS) is 24.7. The molecule has 0 aliphatic carbocycles. The van der Waals surface area contributed by atoms with Gasteiger partial charge in [0.05, 0.1) is 55.4 Å². The van der Waals surface area contributed by atoms with E-state index in [0.717, 1.165) is 65.5 Å². The number of ether oxygens (including phenoxy) is 2. The smallest absolute Gasteiger partial charge is 0.691 e. The summed E-state index contributed by atoms with van der Waals surface area (Å²) in [6.45, 7) is 1.94. The molecule has 0 radical (unpaired) electrons. The van der Waals surface area contributed by atoms with Gasteiger partial charge >= 0.3 is 29.6 Å². The zero-order valence-electron chi connectivity index (χ0n) is 51.2. The number of β-amino-alcohol motifs (C(OH)–C–C–N with tert-alkyl or cyclic N) is 1. The van der Waals surface area contributed by atoms with Crippen LogP contribution in [0.25, 0.3) is 26.8 Å². The summed E-state index contributed by atoms with van der Waals surface area (Å²) in [7, 11) is 1.67. The van der Waals surface area contributed by atoms with Crippen LogP contribution in [0.15, 0.2) is 72.9 Å². The number of aliphatic hydroxyl groups is 7. The molecule has 5 heterocycles. The predicted molar refractivity (Wildman–Crippen MR) is 321 cm³/mol. The molecule has 15 N–H and O–H groups in total. The molecule has 3 fully saturated rings. The largest absolute Gasteiger partial charge is 1.00 e. The molecule has 36 heteroatoms. The molecule has 3 saturated heterocycles. The molecule has 14 unspecified atom stereocenters. The van der Waals surface area contributed by atoms with E-state index in [4.69, 9.17) is 29.5 Å². The number of aromatic hydroxyl groups is 1. The van der Waals surface area contributed by atoms with Crippen LogP contribution in [0.1, 0.15) is 74.4 Å². The summed E-state index contributed by atoms with van der Waals surface area (Å²) in [6.07, 6.45) is -11.7. The van der Waals surface area contributed by atoms with Gasteiger partial charge in [0.15, 0.2) is 11.5 Å². The molecule has 3 aromatic carbocycles. The molecular formula is C58H72N11NaO22S2. The van der Waals surface area contributed by atoms with Crippen LogP contribution in [0.3, 0.4) is 0 Å². The molecule has 0 bridgehead atoms. The van der Waals surface area contributed by atoms with Gasteiger partial charge in [0.2, 0.25) is 46.3 Å². The van der Waals surface area contributed by atoms with Gasteiger partial charge in [-0.25, -0.2) is 9.50 Å². The fourth-order valence-corrected chi connectivity index (χ4v) is 12.0. The van der Waals surface area contributed by atoms with Gasteiger partial charge in [0.1, 0.15) is 59.2 Å². The first-order valence-corrected chi connectivity index (χ1v) is 30.8. The van der Waals surface area contributed by atoms with Crippen LogP contribution in [0, 0.1) is 5.92 Å². The van der Waals surface area contributed by atoms with Crippen molar-refractivity contribution in [2.45, 2.75) is 131 Å². The van der Waals surface area contributed by atoms with Crippen LogP contribution in [0.4, 0.5) is 0 Å². The summed E-state index contributed by atoms with van der Waals surface area (Å²) in [5.74, 6) is -11.3. The predicted octanol–water partition coefficient (Wildman–Crippen LogP) is -6.49. The van der Waals surface area contributed by atoms with Crippen LogP contribution in [0.2, 0.25) is 0 Å². The van der Waals surface area contributed by atoms with E-state index in [9.17, 15) is 84.5 Å². The number of carbonyl (C=O) groups excluding carboxylic acids is 8. The molecule has 14 atom stereocenters. The number of phenolic OH excluding ortho intramolecular Hbond substituents is 1. The van der Waals surface area contributed by atoms with Crippen molar-refractivity contribution in [3.8, 4) is 39.1 Å². The number of nitrogens with one attached hydrogen (secondary N) is 5. The minimum absolute atomic E-state index is 0. The second-order valence-corrected chi connectivity index (χ2v) is 24.0. The van der Waals surface area contributed by atoms with Crippen molar-refractivity contribution in [2.75, 3.05) is 40.0 Å². The minimum Gasteiger partial charge on any atom is -0.691 e. The van der Waals surface area contributed by atoms with E-state index < -0.39 is 183 Å². The van der Waals surface area contributed by atoms with E-state index in [1.165, 1.54) is 30.4 Å². The van der Waals surface area contributed by atoms with Crippen molar-refractivity contribution < 1.29 is 137 Å². The van der Waals surface area contributed by atoms with Gasteiger partial charge in [-0.3, -0.25) is 43.4 Å².